The van der Waals surface area contributed by atoms with Crippen LogP contribution in [0.15, 0.2) is 37.0 Å². The van der Waals surface area contributed by atoms with Crippen LogP contribution in [-0.2, 0) is 4.74 Å². The number of aliphatic hydroxyl groups is 1. The average molecular weight is 180 g/mol. The zero-order valence-electron chi connectivity index (χ0n) is 7.73. The van der Waals surface area contributed by atoms with Crippen molar-refractivity contribution >= 4 is 0 Å². The average Bonchev–Trinajstić information content (AvgIpc) is 2.90. The number of rotatable bonds is 6. The molecule has 1 saturated heterocycles. The summed E-state index contributed by atoms with van der Waals surface area (Å²) in [5.74, 6) is 0. The molecular formula is C11H16O2. The van der Waals surface area contributed by atoms with E-state index in [9.17, 15) is 0 Å². The van der Waals surface area contributed by atoms with Crippen LogP contribution in [-0.4, -0.2) is 23.9 Å². The van der Waals surface area contributed by atoms with E-state index in [-0.39, 0.29) is 18.8 Å². The summed E-state index contributed by atoms with van der Waals surface area (Å²) in [5.41, 5.74) is 0. The molecule has 0 amide bonds. The smallest absolute Gasteiger partial charge is 0.107 e. The Bertz CT molecular complexity index is 206. The third-order valence-electron chi connectivity index (χ3n) is 1.95. The van der Waals surface area contributed by atoms with Gasteiger partial charge in [-0.1, -0.05) is 37.0 Å². The van der Waals surface area contributed by atoms with E-state index in [0.29, 0.717) is 0 Å². The quantitative estimate of drug-likeness (QED) is 0.384. The Morgan fingerprint density at radius 2 is 2.08 bits per heavy atom. The van der Waals surface area contributed by atoms with E-state index in [4.69, 9.17) is 9.84 Å². The van der Waals surface area contributed by atoms with Gasteiger partial charge in [-0.2, -0.15) is 0 Å². The van der Waals surface area contributed by atoms with Crippen LogP contribution in [0.1, 0.15) is 12.8 Å². The minimum absolute atomic E-state index is 0.0911. The standard InChI is InChI=1S/C11H16O2/c1-2-3-4-5-6-7-8-10-11(9-12)13-10/h2-4,6-7,10-12H,1,5,8-9H2/b4-3+,7-6+/t10-,11+/m0/s1. The van der Waals surface area contributed by atoms with Crippen LogP contribution >= 0.6 is 0 Å². The second-order valence-corrected chi connectivity index (χ2v) is 3.00. The van der Waals surface area contributed by atoms with Gasteiger partial charge in [0.25, 0.3) is 0 Å². The minimum Gasteiger partial charge on any atom is -0.394 e. The molecule has 13 heavy (non-hydrogen) atoms. The zero-order valence-corrected chi connectivity index (χ0v) is 7.73. The predicted octanol–water partition coefficient (Wildman–Crippen LogP) is 1.82. The largest absolute Gasteiger partial charge is 0.394 e. The van der Waals surface area contributed by atoms with Gasteiger partial charge in [-0.25, -0.2) is 0 Å². The van der Waals surface area contributed by atoms with Crippen molar-refractivity contribution in [2.45, 2.75) is 25.0 Å². The van der Waals surface area contributed by atoms with Gasteiger partial charge in [-0.15, -0.1) is 0 Å². The molecule has 0 aromatic carbocycles. The van der Waals surface area contributed by atoms with Gasteiger partial charge in [-0.05, 0) is 12.8 Å². The Morgan fingerprint density at radius 3 is 2.69 bits per heavy atom. The molecule has 0 saturated carbocycles. The van der Waals surface area contributed by atoms with E-state index in [1.54, 1.807) is 6.08 Å². The molecule has 1 N–H and O–H groups in total. The van der Waals surface area contributed by atoms with Crippen LogP contribution in [0, 0.1) is 0 Å². The Kier molecular flexibility index (Phi) is 4.50. The van der Waals surface area contributed by atoms with Crippen molar-refractivity contribution in [3.05, 3.63) is 37.0 Å². The maximum Gasteiger partial charge on any atom is 0.107 e. The van der Waals surface area contributed by atoms with Crippen molar-refractivity contribution in [1.82, 2.24) is 0 Å². The molecule has 1 heterocycles. The molecule has 72 valence electrons. The van der Waals surface area contributed by atoms with E-state index in [1.807, 2.05) is 12.2 Å². The first-order valence-corrected chi connectivity index (χ1v) is 4.57. The van der Waals surface area contributed by atoms with Gasteiger partial charge in [0, 0.05) is 0 Å². The van der Waals surface area contributed by atoms with Gasteiger partial charge in [0.15, 0.2) is 0 Å². The van der Waals surface area contributed by atoms with Gasteiger partial charge < -0.3 is 9.84 Å². The number of hydrogen-bond acceptors (Lipinski definition) is 2. The molecule has 0 spiro atoms. The van der Waals surface area contributed by atoms with Crippen LogP contribution in [0.25, 0.3) is 0 Å². The summed E-state index contributed by atoms with van der Waals surface area (Å²) in [7, 11) is 0. The van der Waals surface area contributed by atoms with Crippen LogP contribution in [0.2, 0.25) is 0 Å². The molecule has 1 fully saturated rings. The summed E-state index contributed by atoms with van der Waals surface area (Å²) in [6, 6.07) is 0. The lowest BCUT2D eigenvalue weighted by Gasteiger charge is -1.84. The lowest BCUT2D eigenvalue weighted by atomic mass is 10.2. The van der Waals surface area contributed by atoms with Crippen molar-refractivity contribution in [2.24, 2.45) is 0 Å². The lowest BCUT2D eigenvalue weighted by molar-refractivity contribution is 0.242. The summed E-state index contributed by atoms with van der Waals surface area (Å²) < 4.78 is 5.16. The number of hydrogen-bond donors (Lipinski definition) is 1. The first-order valence-electron chi connectivity index (χ1n) is 4.57. The van der Waals surface area contributed by atoms with Crippen molar-refractivity contribution in [3.8, 4) is 0 Å². The molecule has 0 aromatic rings. The summed E-state index contributed by atoms with van der Waals surface area (Å²) >= 11 is 0. The van der Waals surface area contributed by atoms with Gasteiger partial charge in [0.1, 0.15) is 6.10 Å². The number of aliphatic hydroxyl groups excluding tert-OH is 1. The van der Waals surface area contributed by atoms with Crippen molar-refractivity contribution in [2.75, 3.05) is 6.61 Å². The maximum absolute atomic E-state index is 8.68. The Morgan fingerprint density at radius 1 is 1.23 bits per heavy atom. The van der Waals surface area contributed by atoms with E-state index >= 15 is 0 Å². The number of ether oxygens (including phenoxy) is 1. The van der Waals surface area contributed by atoms with Crippen LogP contribution in [0.4, 0.5) is 0 Å². The van der Waals surface area contributed by atoms with Gasteiger partial charge in [0.05, 0.1) is 12.7 Å². The Balaban J connectivity index is 1.99. The third-order valence-corrected chi connectivity index (χ3v) is 1.95. The number of allylic oxidation sites excluding steroid dienone is 4. The molecule has 1 aliphatic heterocycles. The fraction of sp³-hybridized carbons (Fsp3) is 0.455. The van der Waals surface area contributed by atoms with Crippen LogP contribution < -0.4 is 0 Å². The molecule has 0 bridgehead atoms. The summed E-state index contributed by atoms with van der Waals surface area (Å²) in [6.07, 6.45) is 12.1. The summed E-state index contributed by atoms with van der Waals surface area (Å²) in [4.78, 5) is 0. The molecule has 2 heteroatoms. The summed E-state index contributed by atoms with van der Waals surface area (Å²) in [6.45, 7) is 3.73. The second kappa shape index (κ2) is 5.73. The fourth-order valence-corrected chi connectivity index (χ4v) is 1.13. The summed E-state index contributed by atoms with van der Waals surface area (Å²) in [5, 5.41) is 8.68. The molecule has 0 aromatic heterocycles. The highest BCUT2D eigenvalue weighted by molar-refractivity contribution is 5.02. The molecule has 2 atom stereocenters. The molecule has 0 aliphatic carbocycles. The lowest BCUT2D eigenvalue weighted by Crippen LogP contribution is -1.97. The van der Waals surface area contributed by atoms with E-state index in [2.05, 4.69) is 18.7 Å². The van der Waals surface area contributed by atoms with Gasteiger partial charge in [-0.3, -0.25) is 0 Å². The highest BCUT2D eigenvalue weighted by Crippen LogP contribution is 2.24. The monoisotopic (exact) mass is 180 g/mol. The van der Waals surface area contributed by atoms with E-state index < -0.39 is 0 Å². The first-order chi connectivity index (χ1) is 6.38. The van der Waals surface area contributed by atoms with Crippen LogP contribution in [0.3, 0.4) is 0 Å². The van der Waals surface area contributed by atoms with E-state index in [0.717, 1.165) is 12.8 Å². The topological polar surface area (TPSA) is 32.8 Å². The molecule has 1 aliphatic rings. The predicted molar refractivity (Wildman–Crippen MR) is 53.5 cm³/mol. The maximum atomic E-state index is 8.68. The zero-order chi connectivity index (χ0) is 9.52. The molecule has 1 rings (SSSR count). The van der Waals surface area contributed by atoms with Crippen molar-refractivity contribution in [1.29, 1.82) is 0 Å². The second-order valence-electron chi connectivity index (χ2n) is 3.00. The highest BCUT2D eigenvalue weighted by Gasteiger charge is 2.36. The minimum atomic E-state index is 0.0911. The first kappa shape index (κ1) is 10.2. The fourth-order valence-electron chi connectivity index (χ4n) is 1.13. The third kappa shape index (κ3) is 4.06. The van der Waals surface area contributed by atoms with Crippen LogP contribution in [0.5, 0.6) is 0 Å². The van der Waals surface area contributed by atoms with E-state index in [1.165, 1.54) is 0 Å². The molecule has 0 unspecified atom stereocenters. The van der Waals surface area contributed by atoms with Crippen molar-refractivity contribution < 1.29 is 9.84 Å². The molecule has 2 nitrogen and oxygen atoms in total. The Labute approximate surface area is 79.2 Å². The van der Waals surface area contributed by atoms with Crippen molar-refractivity contribution in [3.63, 3.8) is 0 Å². The van der Waals surface area contributed by atoms with Gasteiger partial charge >= 0.3 is 0 Å². The van der Waals surface area contributed by atoms with Gasteiger partial charge in [0.2, 0.25) is 0 Å². The highest BCUT2D eigenvalue weighted by atomic mass is 16.6. The molecule has 0 radical (unpaired) electrons. The normalized spacial score (nSPS) is 27.2. The molecular weight excluding hydrogens is 164 g/mol. The SMILES string of the molecule is C=C/C=C/C/C=C/C[C@@H]1O[C@@H]1CO. The number of epoxide rings is 1. The Hall–Kier alpha value is -0.860.